The Labute approximate surface area is 170 Å². The maximum Gasteiger partial charge on any atom is 0.187 e. The van der Waals surface area contributed by atoms with Crippen LogP contribution in [-0.4, -0.2) is 37.0 Å². The van der Waals surface area contributed by atoms with Crippen LogP contribution in [0.1, 0.15) is 28.3 Å². The second-order valence-corrected chi connectivity index (χ2v) is 7.63. The fourth-order valence-corrected chi connectivity index (χ4v) is 4.13. The van der Waals surface area contributed by atoms with E-state index < -0.39 is 0 Å². The molecular weight excluding hydrogens is 362 g/mol. The van der Waals surface area contributed by atoms with Gasteiger partial charge in [-0.3, -0.25) is 4.79 Å². The van der Waals surface area contributed by atoms with Gasteiger partial charge in [0.25, 0.3) is 0 Å². The van der Waals surface area contributed by atoms with Crippen molar-refractivity contribution in [2.75, 3.05) is 26.3 Å². The van der Waals surface area contributed by atoms with Crippen LogP contribution in [-0.2, 0) is 0 Å². The Morgan fingerprint density at radius 1 is 0.931 bits per heavy atom. The number of fused-ring (bicyclic) bond motifs is 2. The van der Waals surface area contributed by atoms with Gasteiger partial charge in [0.1, 0.15) is 13.2 Å². The molecule has 4 nitrogen and oxygen atoms in total. The lowest BCUT2D eigenvalue weighted by atomic mass is 9.99. The van der Waals surface area contributed by atoms with Crippen molar-refractivity contribution in [1.29, 1.82) is 0 Å². The zero-order valence-electron chi connectivity index (χ0n) is 16.2. The molecule has 2 aliphatic rings. The van der Waals surface area contributed by atoms with Crippen LogP contribution in [0.4, 0.5) is 0 Å². The second-order valence-electron chi connectivity index (χ2n) is 7.63. The average molecular weight is 385 g/mol. The lowest BCUT2D eigenvalue weighted by Gasteiger charge is -2.19. The molecule has 1 fully saturated rings. The maximum absolute atomic E-state index is 12.7. The lowest BCUT2D eigenvalue weighted by molar-refractivity contribution is 0.104. The smallest absolute Gasteiger partial charge is 0.187 e. The summed E-state index contributed by atoms with van der Waals surface area (Å²) < 4.78 is 11.3. The molecule has 146 valence electrons. The molecule has 1 unspecified atom stereocenters. The van der Waals surface area contributed by atoms with E-state index in [-0.39, 0.29) is 5.78 Å². The van der Waals surface area contributed by atoms with E-state index in [1.807, 2.05) is 42.6 Å². The first-order valence-corrected chi connectivity index (χ1v) is 10.1. The number of ketones is 1. The van der Waals surface area contributed by atoms with Gasteiger partial charge >= 0.3 is 0 Å². The molecule has 0 N–H and O–H groups in total. The predicted octanol–water partition coefficient (Wildman–Crippen LogP) is 4.80. The van der Waals surface area contributed by atoms with E-state index in [4.69, 9.17) is 9.47 Å². The van der Waals surface area contributed by atoms with E-state index in [0.717, 1.165) is 41.8 Å². The van der Waals surface area contributed by atoms with Crippen LogP contribution in [0.3, 0.4) is 0 Å². The van der Waals surface area contributed by atoms with Gasteiger partial charge in [-0.1, -0.05) is 42.5 Å². The molecule has 0 aromatic heterocycles. The van der Waals surface area contributed by atoms with Crippen LogP contribution in [0.15, 0.2) is 72.9 Å². The SMILES string of the molecule is O=C(/C=C/N1CCC(c2ccccc2)C1)c1ccc2cc3c(cc2c1)OCCO3. The summed E-state index contributed by atoms with van der Waals surface area (Å²) in [7, 11) is 0. The summed E-state index contributed by atoms with van der Waals surface area (Å²) in [4.78, 5) is 15.0. The summed E-state index contributed by atoms with van der Waals surface area (Å²) in [6.45, 7) is 3.06. The maximum atomic E-state index is 12.7. The van der Waals surface area contributed by atoms with Gasteiger partial charge in [-0.2, -0.15) is 0 Å². The van der Waals surface area contributed by atoms with E-state index >= 15 is 0 Å². The van der Waals surface area contributed by atoms with E-state index in [0.29, 0.717) is 24.7 Å². The van der Waals surface area contributed by atoms with E-state index in [2.05, 4.69) is 29.2 Å². The van der Waals surface area contributed by atoms with Crippen molar-refractivity contribution in [1.82, 2.24) is 4.90 Å². The summed E-state index contributed by atoms with van der Waals surface area (Å²) >= 11 is 0. The minimum atomic E-state index is 0.0185. The molecule has 4 heteroatoms. The average Bonchev–Trinajstić information content (AvgIpc) is 3.25. The molecule has 0 radical (unpaired) electrons. The first-order valence-electron chi connectivity index (χ1n) is 10.1. The fourth-order valence-electron chi connectivity index (χ4n) is 4.13. The summed E-state index contributed by atoms with van der Waals surface area (Å²) in [6.07, 6.45) is 4.75. The molecule has 1 atom stereocenters. The van der Waals surface area contributed by atoms with Crippen LogP contribution in [0.2, 0.25) is 0 Å². The van der Waals surface area contributed by atoms with Crippen molar-refractivity contribution >= 4 is 16.6 Å². The Morgan fingerprint density at radius 3 is 2.48 bits per heavy atom. The Morgan fingerprint density at radius 2 is 1.69 bits per heavy atom. The highest BCUT2D eigenvalue weighted by atomic mass is 16.6. The molecule has 0 saturated carbocycles. The van der Waals surface area contributed by atoms with Crippen LogP contribution in [0.25, 0.3) is 10.8 Å². The number of allylic oxidation sites excluding steroid dienone is 1. The highest BCUT2D eigenvalue weighted by Crippen LogP contribution is 2.35. The molecule has 2 heterocycles. The molecule has 0 amide bonds. The third kappa shape index (κ3) is 3.70. The number of benzene rings is 3. The van der Waals surface area contributed by atoms with Crippen LogP contribution >= 0.6 is 0 Å². The zero-order chi connectivity index (χ0) is 19.6. The normalized spacial score (nSPS) is 18.5. The lowest BCUT2D eigenvalue weighted by Crippen LogP contribution is -2.15. The highest BCUT2D eigenvalue weighted by Gasteiger charge is 2.21. The number of carbonyl (C=O) groups excluding carboxylic acids is 1. The molecule has 1 saturated heterocycles. The minimum Gasteiger partial charge on any atom is -0.486 e. The van der Waals surface area contributed by atoms with Gasteiger partial charge in [0.15, 0.2) is 17.3 Å². The van der Waals surface area contributed by atoms with Crippen molar-refractivity contribution in [2.45, 2.75) is 12.3 Å². The van der Waals surface area contributed by atoms with Crippen molar-refractivity contribution in [3.63, 3.8) is 0 Å². The Kier molecular flexibility index (Phi) is 4.68. The van der Waals surface area contributed by atoms with Crippen LogP contribution in [0, 0.1) is 0 Å². The topological polar surface area (TPSA) is 38.8 Å². The summed E-state index contributed by atoms with van der Waals surface area (Å²) in [5.41, 5.74) is 2.06. The summed E-state index contributed by atoms with van der Waals surface area (Å²) in [5.74, 6) is 2.06. The van der Waals surface area contributed by atoms with Gasteiger partial charge < -0.3 is 14.4 Å². The molecule has 0 aliphatic carbocycles. The molecule has 2 aliphatic heterocycles. The van der Waals surface area contributed by atoms with Gasteiger partial charge in [-0.15, -0.1) is 0 Å². The molecule has 5 rings (SSSR count). The molecule has 0 bridgehead atoms. The van der Waals surface area contributed by atoms with Gasteiger partial charge in [0.05, 0.1) is 0 Å². The van der Waals surface area contributed by atoms with Crippen molar-refractivity contribution in [3.05, 3.63) is 84.1 Å². The van der Waals surface area contributed by atoms with Crippen molar-refractivity contribution in [2.24, 2.45) is 0 Å². The van der Waals surface area contributed by atoms with Crippen molar-refractivity contribution < 1.29 is 14.3 Å². The minimum absolute atomic E-state index is 0.0185. The van der Waals surface area contributed by atoms with Crippen molar-refractivity contribution in [3.8, 4) is 11.5 Å². The van der Waals surface area contributed by atoms with Crippen LogP contribution in [0.5, 0.6) is 11.5 Å². The van der Waals surface area contributed by atoms with E-state index in [1.165, 1.54) is 5.56 Å². The van der Waals surface area contributed by atoms with E-state index in [9.17, 15) is 4.79 Å². The van der Waals surface area contributed by atoms with Crippen LogP contribution < -0.4 is 9.47 Å². The number of hydrogen-bond acceptors (Lipinski definition) is 4. The summed E-state index contributed by atoms with van der Waals surface area (Å²) in [6, 6.07) is 20.3. The first kappa shape index (κ1) is 17.8. The second kappa shape index (κ2) is 7.63. The van der Waals surface area contributed by atoms with Gasteiger partial charge in [0, 0.05) is 36.8 Å². The fraction of sp³-hybridized carbons (Fsp3) is 0.240. The number of rotatable bonds is 4. The highest BCUT2D eigenvalue weighted by molar-refractivity contribution is 6.06. The Balaban J connectivity index is 1.30. The van der Waals surface area contributed by atoms with Gasteiger partial charge in [-0.25, -0.2) is 0 Å². The third-order valence-corrected chi connectivity index (χ3v) is 5.71. The number of ether oxygens (including phenoxy) is 2. The van der Waals surface area contributed by atoms with Gasteiger partial charge in [0.2, 0.25) is 0 Å². The molecule has 3 aromatic carbocycles. The first-order chi connectivity index (χ1) is 14.3. The number of nitrogens with zero attached hydrogens (tertiary/aromatic N) is 1. The quantitative estimate of drug-likeness (QED) is 0.478. The van der Waals surface area contributed by atoms with Gasteiger partial charge in [-0.05, 0) is 41.0 Å². The number of hydrogen-bond donors (Lipinski definition) is 0. The largest absolute Gasteiger partial charge is 0.486 e. The standard InChI is InChI=1S/C25H23NO3/c27-23(9-11-26-10-8-21(17-26)18-4-2-1-3-5-18)20-7-6-19-15-24-25(16-22(19)14-20)29-13-12-28-24/h1-7,9,11,14-16,21H,8,10,12-13,17H2/b11-9+. The number of carbonyl (C=O) groups is 1. The monoisotopic (exact) mass is 385 g/mol. The predicted molar refractivity (Wildman–Crippen MR) is 114 cm³/mol. The molecular formula is C25H23NO3. The zero-order valence-corrected chi connectivity index (χ0v) is 16.2. The Hall–Kier alpha value is -3.27. The number of likely N-dealkylation sites (tertiary alicyclic amines) is 1. The molecule has 3 aromatic rings. The van der Waals surface area contributed by atoms with E-state index in [1.54, 1.807) is 6.08 Å². The third-order valence-electron chi connectivity index (χ3n) is 5.71. The Bertz CT molecular complexity index is 1070. The summed E-state index contributed by atoms with van der Waals surface area (Å²) in [5, 5.41) is 2.03. The molecule has 0 spiro atoms. The molecule has 29 heavy (non-hydrogen) atoms.